The van der Waals surface area contributed by atoms with Crippen molar-refractivity contribution < 1.29 is 4.79 Å². The molecule has 3 rings (SSSR count). The van der Waals surface area contributed by atoms with E-state index < -0.39 is 0 Å². The Kier molecular flexibility index (Phi) is 3.40. The highest BCUT2D eigenvalue weighted by molar-refractivity contribution is 7.98. The molecule has 2 fully saturated rings. The van der Waals surface area contributed by atoms with Crippen LogP contribution in [-0.2, 0) is 0 Å². The Morgan fingerprint density at radius 2 is 2.00 bits per heavy atom. The van der Waals surface area contributed by atoms with Crippen LogP contribution < -0.4 is 0 Å². The van der Waals surface area contributed by atoms with Crippen LogP contribution >= 0.6 is 11.8 Å². The van der Waals surface area contributed by atoms with Gasteiger partial charge in [-0.3, -0.25) is 4.79 Å². The zero-order chi connectivity index (χ0) is 13.4. The fraction of sp³-hybridized carbons (Fsp3) is 0.438. The summed E-state index contributed by atoms with van der Waals surface area (Å²) >= 11 is 1.68. The lowest BCUT2D eigenvalue weighted by molar-refractivity contribution is 0.0635. The average molecular weight is 273 g/mol. The molecule has 1 amide bonds. The van der Waals surface area contributed by atoms with Crippen LogP contribution in [0.4, 0.5) is 0 Å². The number of carbonyl (C=O) groups excluding carboxylic acids is 1. The molecule has 100 valence electrons. The molecule has 0 aliphatic carbocycles. The van der Waals surface area contributed by atoms with Gasteiger partial charge in [0.25, 0.3) is 5.91 Å². The van der Waals surface area contributed by atoms with E-state index in [1.807, 2.05) is 30.5 Å². The number of amides is 1. The van der Waals surface area contributed by atoms with Gasteiger partial charge >= 0.3 is 0 Å². The zero-order valence-corrected chi connectivity index (χ0v) is 12.1. The number of benzene rings is 1. The summed E-state index contributed by atoms with van der Waals surface area (Å²) in [5.41, 5.74) is 2.14. The summed E-state index contributed by atoms with van der Waals surface area (Å²) in [5, 5.41) is 0. The van der Waals surface area contributed by atoms with Gasteiger partial charge in [-0.25, -0.2) is 0 Å². The molecule has 2 bridgehead atoms. The van der Waals surface area contributed by atoms with Gasteiger partial charge < -0.3 is 4.90 Å². The lowest BCUT2D eigenvalue weighted by Crippen LogP contribution is -2.44. The number of piperidine rings is 1. The maximum atomic E-state index is 12.7. The largest absolute Gasteiger partial charge is 0.332 e. The van der Waals surface area contributed by atoms with Gasteiger partial charge in [0.2, 0.25) is 0 Å². The van der Waals surface area contributed by atoms with Crippen molar-refractivity contribution in [2.45, 2.75) is 42.7 Å². The van der Waals surface area contributed by atoms with Crippen molar-refractivity contribution in [3.63, 3.8) is 0 Å². The van der Waals surface area contributed by atoms with Crippen LogP contribution in [0.3, 0.4) is 0 Å². The fourth-order valence-corrected chi connectivity index (χ4v) is 3.81. The fourth-order valence-electron chi connectivity index (χ4n) is 3.35. The highest BCUT2D eigenvalue weighted by atomic mass is 32.2. The summed E-state index contributed by atoms with van der Waals surface area (Å²) in [7, 11) is 0. The molecule has 0 N–H and O–H groups in total. The highest BCUT2D eigenvalue weighted by Crippen LogP contribution is 2.38. The summed E-state index contributed by atoms with van der Waals surface area (Å²) in [5.74, 6) is 0.205. The van der Waals surface area contributed by atoms with Crippen LogP contribution in [0.15, 0.2) is 41.3 Å². The van der Waals surface area contributed by atoms with Crippen molar-refractivity contribution in [1.82, 2.24) is 4.90 Å². The van der Waals surface area contributed by atoms with Crippen LogP contribution in [0.5, 0.6) is 0 Å². The number of thioether (sulfide) groups is 1. The number of hydrogen-bond donors (Lipinski definition) is 0. The van der Waals surface area contributed by atoms with Crippen LogP contribution in [0.1, 0.15) is 36.0 Å². The Morgan fingerprint density at radius 3 is 2.63 bits per heavy atom. The molecule has 2 saturated heterocycles. The van der Waals surface area contributed by atoms with Gasteiger partial charge in [0, 0.05) is 22.5 Å². The normalized spacial score (nSPS) is 25.7. The van der Waals surface area contributed by atoms with E-state index in [0.29, 0.717) is 12.1 Å². The minimum absolute atomic E-state index is 0.205. The van der Waals surface area contributed by atoms with Crippen molar-refractivity contribution >= 4 is 17.7 Å². The molecule has 2 aliphatic rings. The Bertz CT molecular complexity index is 509. The number of hydrogen-bond acceptors (Lipinski definition) is 2. The Balaban J connectivity index is 1.86. The van der Waals surface area contributed by atoms with E-state index in [2.05, 4.69) is 11.5 Å². The predicted octanol–water partition coefficient (Wildman–Crippen LogP) is 3.73. The first-order valence-electron chi connectivity index (χ1n) is 6.82. The van der Waals surface area contributed by atoms with Gasteiger partial charge in [-0.05, 0) is 50.1 Å². The van der Waals surface area contributed by atoms with E-state index in [4.69, 9.17) is 0 Å². The number of fused-ring (bicyclic) bond motifs is 2. The summed E-state index contributed by atoms with van der Waals surface area (Å²) in [6.07, 6.45) is 6.29. The molecule has 0 aromatic heterocycles. The van der Waals surface area contributed by atoms with E-state index >= 15 is 0 Å². The van der Waals surface area contributed by atoms with Gasteiger partial charge in [0.05, 0.1) is 0 Å². The third-order valence-corrected chi connectivity index (χ3v) is 4.95. The predicted molar refractivity (Wildman–Crippen MR) is 79.6 cm³/mol. The second-order valence-electron chi connectivity index (χ2n) is 5.49. The average Bonchev–Trinajstić information content (AvgIpc) is 2.70. The molecular formula is C16H19NOS. The highest BCUT2D eigenvalue weighted by Gasteiger charge is 2.40. The topological polar surface area (TPSA) is 20.3 Å². The molecule has 2 unspecified atom stereocenters. The zero-order valence-electron chi connectivity index (χ0n) is 11.3. The molecule has 3 heteroatoms. The lowest BCUT2D eigenvalue weighted by Gasteiger charge is -2.36. The van der Waals surface area contributed by atoms with Gasteiger partial charge in [-0.1, -0.05) is 18.2 Å². The molecule has 1 aromatic carbocycles. The molecule has 2 atom stereocenters. The molecule has 0 saturated carbocycles. The first-order chi connectivity index (χ1) is 9.19. The minimum Gasteiger partial charge on any atom is -0.332 e. The molecule has 0 radical (unpaired) electrons. The van der Waals surface area contributed by atoms with E-state index in [0.717, 1.165) is 36.1 Å². The van der Waals surface area contributed by atoms with E-state index in [-0.39, 0.29) is 5.91 Å². The lowest BCUT2D eigenvalue weighted by atomic mass is 9.97. The van der Waals surface area contributed by atoms with Crippen LogP contribution in [0.25, 0.3) is 0 Å². The van der Waals surface area contributed by atoms with Gasteiger partial charge in [0.1, 0.15) is 0 Å². The third-order valence-electron chi connectivity index (χ3n) is 4.22. The molecule has 2 heterocycles. The van der Waals surface area contributed by atoms with Crippen molar-refractivity contribution in [3.05, 3.63) is 42.0 Å². The Hall–Kier alpha value is -1.22. The third kappa shape index (κ3) is 2.32. The van der Waals surface area contributed by atoms with E-state index in [9.17, 15) is 4.79 Å². The van der Waals surface area contributed by atoms with E-state index in [1.54, 1.807) is 11.8 Å². The maximum absolute atomic E-state index is 12.7. The van der Waals surface area contributed by atoms with Crippen LogP contribution in [0.2, 0.25) is 0 Å². The smallest absolute Gasteiger partial charge is 0.254 e. The van der Waals surface area contributed by atoms with Crippen molar-refractivity contribution in [2.75, 3.05) is 6.26 Å². The van der Waals surface area contributed by atoms with Crippen LogP contribution in [0, 0.1) is 0 Å². The van der Waals surface area contributed by atoms with E-state index in [1.165, 1.54) is 5.57 Å². The molecule has 1 aromatic rings. The van der Waals surface area contributed by atoms with Gasteiger partial charge in [0.15, 0.2) is 0 Å². The quantitative estimate of drug-likeness (QED) is 0.604. The van der Waals surface area contributed by atoms with Gasteiger partial charge in [-0.2, -0.15) is 0 Å². The second kappa shape index (κ2) is 5.04. The van der Waals surface area contributed by atoms with Gasteiger partial charge in [-0.15, -0.1) is 11.8 Å². The summed E-state index contributed by atoms with van der Waals surface area (Å²) in [6.45, 7) is 4.11. The molecule has 2 nitrogen and oxygen atoms in total. The SMILES string of the molecule is C=C1CC2CCC(C1)N2C(=O)c1cccc(SC)c1. The standard InChI is InChI=1S/C16H19NOS/c1-11-8-13-6-7-14(9-11)17(13)16(18)12-4-3-5-15(10-12)19-2/h3-5,10,13-14H,1,6-9H2,2H3. The Morgan fingerprint density at radius 1 is 1.32 bits per heavy atom. The first kappa shape index (κ1) is 12.8. The molecule has 19 heavy (non-hydrogen) atoms. The van der Waals surface area contributed by atoms with Crippen molar-refractivity contribution in [1.29, 1.82) is 0 Å². The van der Waals surface area contributed by atoms with Crippen molar-refractivity contribution in [2.24, 2.45) is 0 Å². The number of rotatable bonds is 2. The number of carbonyl (C=O) groups is 1. The molecular weight excluding hydrogens is 254 g/mol. The van der Waals surface area contributed by atoms with Crippen LogP contribution in [-0.4, -0.2) is 29.1 Å². The summed E-state index contributed by atoms with van der Waals surface area (Å²) in [4.78, 5) is 16.0. The summed E-state index contributed by atoms with van der Waals surface area (Å²) in [6, 6.07) is 8.74. The second-order valence-corrected chi connectivity index (χ2v) is 6.37. The summed E-state index contributed by atoms with van der Waals surface area (Å²) < 4.78 is 0. The number of nitrogens with zero attached hydrogens (tertiary/aromatic N) is 1. The Labute approximate surface area is 118 Å². The first-order valence-corrected chi connectivity index (χ1v) is 8.05. The molecule has 0 spiro atoms. The van der Waals surface area contributed by atoms with Crippen molar-refractivity contribution in [3.8, 4) is 0 Å². The molecule has 2 aliphatic heterocycles. The maximum Gasteiger partial charge on any atom is 0.254 e. The monoisotopic (exact) mass is 273 g/mol. The minimum atomic E-state index is 0.205.